The molecule has 2 N–H and O–H groups in total. The molecular weight excluding hydrogens is 600 g/mol. The van der Waals surface area contributed by atoms with Crippen LogP contribution in [-0.2, 0) is 13.1 Å². The summed E-state index contributed by atoms with van der Waals surface area (Å²) in [6, 6.07) is 36.1. The number of nitrogens with one attached hydrogen (secondary N) is 2. The Morgan fingerprint density at radius 1 is 0.628 bits per heavy atom. The summed E-state index contributed by atoms with van der Waals surface area (Å²) in [6.45, 7) is 5.19. The first-order valence-corrected chi connectivity index (χ1v) is 14.7. The van der Waals surface area contributed by atoms with Gasteiger partial charge in [0.05, 0.1) is 25.3 Å². The Bertz CT molecular complexity index is 1860. The van der Waals surface area contributed by atoms with Crippen molar-refractivity contribution < 1.29 is 9.47 Å². The smallest absolute Gasteiger partial charge is 0.126 e. The molecule has 0 fully saturated rings. The van der Waals surface area contributed by atoms with E-state index in [0.717, 1.165) is 66.1 Å². The number of pyridine rings is 2. The lowest BCUT2D eigenvalue weighted by Gasteiger charge is -2.11. The number of nitrogens with zero attached hydrogens (tertiary/aromatic N) is 2. The number of hydrogen-bond donors (Lipinski definition) is 2. The summed E-state index contributed by atoms with van der Waals surface area (Å²) in [6.07, 6.45) is 1.85. The van der Waals surface area contributed by atoms with Gasteiger partial charge in [0.15, 0.2) is 0 Å². The van der Waals surface area contributed by atoms with Gasteiger partial charge in [0.1, 0.15) is 23.1 Å². The quantitative estimate of drug-likeness (QED) is 0.166. The lowest BCUT2D eigenvalue weighted by Crippen LogP contribution is -2.03. The van der Waals surface area contributed by atoms with E-state index < -0.39 is 0 Å². The molecule has 0 saturated carbocycles. The zero-order valence-corrected chi connectivity index (χ0v) is 25.8. The highest BCUT2D eigenvalue weighted by Gasteiger charge is 2.05. The maximum absolute atomic E-state index is 5.36. The Kier molecular flexibility index (Phi) is 9.87. The van der Waals surface area contributed by atoms with Crippen molar-refractivity contribution in [2.75, 3.05) is 24.9 Å². The molecule has 0 aliphatic carbocycles. The van der Waals surface area contributed by atoms with Gasteiger partial charge in [0.2, 0.25) is 0 Å². The summed E-state index contributed by atoms with van der Waals surface area (Å²) in [7, 11) is 3.37. The third kappa shape index (κ3) is 7.31. The van der Waals surface area contributed by atoms with Crippen LogP contribution >= 0.6 is 15.9 Å². The molecule has 0 atom stereocenters. The molecule has 6 nitrogen and oxygen atoms in total. The first-order valence-electron chi connectivity index (χ1n) is 13.9. The molecule has 6 aromatic rings. The van der Waals surface area contributed by atoms with Crippen LogP contribution in [-0.4, -0.2) is 24.2 Å². The van der Waals surface area contributed by atoms with E-state index >= 15 is 0 Å². The van der Waals surface area contributed by atoms with Crippen molar-refractivity contribution in [1.29, 1.82) is 0 Å². The topological polar surface area (TPSA) is 68.3 Å². The van der Waals surface area contributed by atoms with Gasteiger partial charge < -0.3 is 20.1 Å². The number of aromatic nitrogens is 2. The first kappa shape index (κ1) is 29.6. The van der Waals surface area contributed by atoms with Crippen LogP contribution < -0.4 is 20.1 Å². The summed E-state index contributed by atoms with van der Waals surface area (Å²) in [5.74, 6) is 3.46. The van der Waals surface area contributed by atoms with E-state index in [2.05, 4.69) is 55.2 Å². The van der Waals surface area contributed by atoms with E-state index in [1.54, 1.807) is 14.2 Å². The molecule has 0 amide bonds. The second-order valence-electron chi connectivity index (χ2n) is 9.65. The fraction of sp³-hybridized carbons (Fsp3) is 0.111. The van der Waals surface area contributed by atoms with Crippen molar-refractivity contribution in [3.63, 3.8) is 0 Å². The maximum atomic E-state index is 5.36. The second kappa shape index (κ2) is 14.3. The Morgan fingerprint density at radius 3 is 1.70 bits per heavy atom. The molecule has 4 aromatic carbocycles. The lowest BCUT2D eigenvalue weighted by molar-refractivity contribution is 0.410. The predicted molar refractivity (Wildman–Crippen MR) is 182 cm³/mol. The van der Waals surface area contributed by atoms with Gasteiger partial charge in [-0.2, -0.15) is 0 Å². The van der Waals surface area contributed by atoms with Crippen molar-refractivity contribution in [2.24, 2.45) is 0 Å². The predicted octanol–water partition coefficient (Wildman–Crippen LogP) is 9.12. The van der Waals surface area contributed by atoms with Gasteiger partial charge in [-0.15, -0.1) is 0 Å². The van der Waals surface area contributed by atoms with Gasteiger partial charge in [-0.05, 0) is 60.2 Å². The molecule has 2 heterocycles. The number of methoxy groups -OCH3 is 2. The van der Waals surface area contributed by atoms with Crippen LogP contribution in [0.1, 0.15) is 16.7 Å². The summed E-state index contributed by atoms with van der Waals surface area (Å²) >= 11 is 3.54. The largest absolute Gasteiger partial charge is 0.496 e. The van der Waals surface area contributed by atoms with Gasteiger partial charge in [-0.25, -0.2) is 9.97 Å². The summed E-state index contributed by atoms with van der Waals surface area (Å²) in [4.78, 5) is 9.28. The van der Waals surface area contributed by atoms with Crippen LogP contribution in [0.3, 0.4) is 0 Å². The molecule has 0 aliphatic rings. The van der Waals surface area contributed by atoms with E-state index in [9.17, 15) is 0 Å². The molecule has 43 heavy (non-hydrogen) atoms. The van der Waals surface area contributed by atoms with E-state index in [-0.39, 0.29) is 0 Å². The second-order valence-corrected chi connectivity index (χ2v) is 10.5. The molecule has 2 aromatic heterocycles. The van der Waals surface area contributed by atoms with Crippen LogP contribution in [0.5, 0.6) is 11.5 Å². The molecule has 0 aliphatic heterocycles. The fourth-order valence-corrected chi connectivity index (χ4v) is 5.23. The first-order chi connectivity index (χ1) is 21.1. The van der Waals surface area contributed by atoms with Crippen LogP contribution in [0.25, 0.3) is 27.9 Å². The number of benzene rings is 4. The Labute approximate surface area is 260 Å². The third-order valence-corrected chi connectivity index (χ3v) is 7.66. The molecule has 0 bridgehead atoms. The minimum Gasteiger partial charge on any atom is -0.496 e. The highest BCUT2D eigenvalue weighted by atomic mass is 79.9. The Hall–Kier alpha value is -4.88. The monoisotopic (exact) mass is 632 g/mol. The molecule has 6 rings (SSSR count). The number of hydrogen-bond acceptors (Lipinski definition) is 6. The third-order valence-electron chi connectivity index (χ3n) is 6.97. The average molecular weight is 634 g/mol. The van der Waals surface area contributed by atoms with E-state index in [1.165, 1.54) is 0 Å². The minimum absolute atomic E-state index is 0.670. The lowest BCUT2D eigenvalue weighted by atomic mass is 10.1. The van der Waals surface area contributed by atoms with E-state index in [4.69, 9.17) is 9.47 Å². The minimum atomic E-state index is 0.670. The summed E-state index contributed by atoms with van der Waals surface area (Å²) in [5.41, 5.74) is 5.24. The molecule has 0 saturated heterocycles. The Balaban J connectivity index is 0.000000171. The van der Waals surface area contributed by atoms with Gasteiger partial charge in [0, 0.05) is 39.5 Å². The molecule has 0 radical (unpaired) electrons. The van der Waals surface area contributed by atoms with Crippen LogP contribution in [0, 0.1) is 0 Å². The number of fused-ring (bicyclic) bond motifs is 2. The Morgan fingerprint density at radius 2 is 1.14 bits per heavy atom. The highest BCUT2D eigenvalue weighted by molar-refractivity contribution is 9.10. The molecule has 0 spiro atoms. The number of anilines is 2. The number of ether oxygens (including phenoxy) is 2. The van der Waals surface area contributed by atoms with Crippen molar-refractivity contribution in [1.82, 2.24) is 9.97 Å². The molecule has 7 heteroatoms. The molecular formula is C36H33BrN4O2. The van der Waals surface area contributed by atoms with Gasteiger partial charge in [-0.3, -0.25) is 0 Å². The maximum Gasteiger partial charge on any atom is 0.126 e. The standard InChI is InChI=1S/C19H18N2O.C17H15BrN2O/c1-3-14-8-6-9-17-16(14)11-12-19(21-17)20-13-15-7-4-5-10-18(15)22-2;1-21-16-8-3-2-5-12(16)11-19-17-10-9-13-14(18)6-4-7-15(13)20-17/h3-12H,1,13H2,2H3,(H,20,21);2-10H,11H2,1H3,(H,19,20). The number of halogens is 1. The molecule has 216 valence electrons. The van der Waals surface area contributed by atoms with Crippen LogP contribution in [0.4, 0.5) is 11.6 Å². The average Bonchev–Trinajstić information content (AvgIpc) is 3.06. The van der Waals surface area contributed by atoms with Crippen molar-refractivity contribution >= 4 is 55.4 Å². The zero-order valence-electron chi connectivity index (χ0n) is 24.2. The van der Waals surface area contributed by atoms with Crippen LogP contribution in [0.2, 0.25) is 0 Å². The number of rotatable bonds is 9. The normalized spacial score (nSPS) is 10.5. The molecule has 0 unspecified atom stereocenters. The van der Waals surface area contributed by atoms with Crippen molar-refractivity contribution in [2.45, 2.75) is 13.1 Å². The summed E-state index contributed by atoms with van der Waals surface area (Å²) < 4.78 is 11.8. The highest BCUT2D eigenvalue weighted by Crippen LogP contribution is 2.25. The fourth-order valence-electron chi connectivity index (χ4n) is 4.74. The van der Waals surface area contributed by atoms with E-state index in [1.807, 2.05) is 103 Å². The van der Waals surface area contributed by atoms with Gasteiger partial charge >= 0.3 is 0 Å². The number of para-hydroxylation sites is 2. The summed E-state index contributed by atoms with van der Waals surface area (Å²) in [5, 5.41) is 8.91. The van der Waals surface area contributed by atoms with Crippen molar-refractivity contribution in [3.8, 4) is 11.5 Å². The van der Waals surface area contributed by atoms with Gasteiger partial charge in [0.25, 0.3) is 0 Å². The van der Waals surface area contributed by atoms with Gasteiger partial charge in [-0.1, -0.05) is 83.2 Å². The SMILES string of the molecule is C=Cc1cccc2nc(NCc3ccccc3OC)ccc12.COc1ccccc1CNc1ccc2c(Br)cccc2n1. The van der Waals surface area contributed by atoms with E-state index in [0.29, 0.717) is 13.1 Å². The zero-order chi connectivity index (χ0) is 30.0. The van der Waals surface area contributed by atoms with Crippen molar-refractivity contribution in [3.05, 3.63) is 137 Å². The van der Waals surface area contributed by atoms with Crippen LogP contribution in [0.15, 0.2) is 120 Å².